The Kier molecular flexibility index (Phi) is 4.73. The maximum Gasteiger partial charge on any atom is 0.224 e. The highest BCUT2D eigenvalue weighted by Crippen LogP contribution is 2.26. The first-order chi connectivity index (χ1) is 12.8. The largest absolute Gasteiger partial charge is 0.493 e. The predicted molar refractivity (Wildman–Crippen MR) is 102 cm³/mol. The monoisotopic (exact) mass is 346 g/mol. The first-order valence-corrected chi connectivity index (χ1v) is 8.97. The number of rotatable bonds is 5. The number of amides is 1. The molecule has 0 aliphatic carbocycles. The smallest absolute Gasteiger partial charge is 0.224 e. The summed E-state index contributed by atoms with van der Waals surface area (Å²) >= 11 is 0. The molecular weight excluding hydrogens is 324 g/mol. The van der Waals surface area contributed by atoms with Gasteiger partial charge in [0.2, 0.25) is 5.91 Å². The average molecular weight is 346 g/mol. The van der Waals surface area contributed by atoms with Gasteiger partial charge in [-0.05, 0) is 47.9 Å². The minimum absolute atomic E-state index is 0.0533. The lowest BCUT2D eigenvalue weighted by molar-refractivity contribution is -0.120. The Morgan fingerprint density at radius 3 is 2.62 bits per heavy atom. The van der Waals surface area contributed by atoms with Gasteiger partial charge in [-0.2, -0.15) is 0 Å². The summed E-state index contributed by atoms with van der Waals surface area (Å²) in [5.41, 5.74) is 3.33. The molecule has 1 aliphatic heterocycles. The molecule has 0 fully saturated rings. The van der Waals surface area contributed by atoms with Crippen LogP contribution in [0.1, 0.15) is 11.1 Å². The zero-order chi connectivity index (χ0) is 17.8. The van der Waals surface area contributed by atoms with E-state index in [0.29, 0.717) is 25.5 Å². The van der Waals surface area contributed by atoms with Crippen molar-refractivity contribution in [3.05, 3.63) is 84.2 Å². The number of aromatic nitrogens is 1. The summed E-state index contributed by atoms with van der Waals surface area (Å²) in [5.74, 6) is 1.35. The van der Waals surface area contributed by atoms with E-state index in [0.717, 1.165) is 23.4 Å². The molecule has 1 aliphatic rings. The molecule has 1 aromatic heterocycles. The maximum absolute atomic E-state index is 12.3. The Bertz CT molecular complexity index is 869. The van der Waals surface area contributed by atoms with Crippen molar-refractivity contribution in [2.75, 3.05) is 13.2 Å². The van der Waals surface area contributed by atoms with Gasteiger partial charge in [-0.3, -0.25) is 4.79 Å². The topological polar surface area (TPSA) is 43.3 Å². The highest BCUT2D eigenvalue weighted by molar-refractivity contribution is 5.78. The van der Waals surface area contributed by atoms with Gasteiger partial charge in [0.15, 0.2) is 0 Å². The van der Waals surface area contributed by atoms with E-state index in [1.807, 2.05) is 71.6 Å². The molecule has 0 bridgehead atoms. The molecular formula is C22H22N2O2. The van der Waals surface area contributed by atoms with Crippen molar-refractivity contribution >= 4 is 5.91 Å². The first-order valence-electron chi connectivity index (χ1n) is 8.97. The molecule has 1 atom stereocenters. The predicted octanol–water partition coefficient (Wildman–Crippen LogP) is 3.39. The molecule has 4 heteroatoms. The standard InChI is InChI=1S/C22H22N2O2/c25-22(14-17-7-9-20(10-8-17)24-11-3-4-12-24)23-15-18-13-19-5-1-2-6-21(19)26-16-18/h1-12,18H,13-16H2,(H,23,25). The van der Waals surface area contributed by atoms with Crippen molar-refractivity contribution in [1.29, 1.82) is 0 Å². The summed E-state index contributed by atoms with van der Waals surface area (Å²) in [4.78, 5) is 12.3. The third kappa shape index (κ3) is 3.80. The van der Waals surface area contributed by atoms with E-state index >= 15 is 0 Å². The lowest BCUT2D eigenvalue weighted by Crippen LogP contribution is -2.35. The van der Waals surface area contributed by atoms with Gasteiger partial charge in [0, 0.05) is 30.5 Å². The van der Waals surface area contributed by atoms with Crippen LogP contribution < -0.4 is 10.1 Å². The molecule has 1 amide bonds. The molecule has 0 saturated carbocycles. The number of carbonyl (C=O) groups excluding carboxylic acids is 1. The Labute approximate surface area is 153 Å². The van der Waals surface area contributed by atoms with Gasteiger partial charge < -0.3 is 14.6 Å². The van der Waals surface area contributed by atoms with Gasteiger partial charge in [0.25, 0.3) is 0 Å². The number of hydrogen-bond acceptors (Lipinski definition) is 2. The molecule has 1 N–H and O–H groups in total. The van der Waals surface area contributed by atoms with Crippen LogP contribution in [0.4, 0.5) is 0 Å². The summed E-state index contributed by atoms with van der Waals surface area (Å²) in [6, 6.07) is 20.2. The summed E-state index contributed by atoms with van der Waals surface area (Å²) in [6.07, 6.45) is 5.36. The van der Waals surface area contributed by atoms with Crippen LogP contribution in [-0.2, 0) is 17.6 Å². The van der Waals surface area contributed by atoms with Crippen LogP contribution >= 0.6 is 0 Å². The molecule has 3 aromatic rings. The van der Waals surface area contributed by atoms with Crippen LogP contribution in [0, 0.1) is 5.92 Å². The fourth-order valence-corrected chi connectivity index (χ4v) is 3.32. The number of nitrogens with one attached hydrogen (secondary N) is 1. The summed E-state index contributed by atoms with van der Waals surface area (Å²) in [5, 5.41) is 3.05. The van der Waals surface area contributed by atoms with Gasteiger partial charge in [-0.25, -0.2) is 0 Å². The fraction of sp³-hybridized carbons (Fsp3) is 0.227. The van der Waals surface area contributed by atoms with Gasteiger partial charge in [-0.1, -0.05) is 30.3 Å². The van der Waals surface area contributed by atoms with Gasteiger partial charge in [-0.15, -0.1) is 0 Å². The Morgan fingerprint density at radius 2 is 1.81 bits per heavy atom. The second-order valence-corrected chi connectivity index (χ2v) is 6.73. The molecule has 0 saturated heterocycles. The normalized spacial score (nSPS) is 15.8. The number of ether oxygens (including phenoxy) is 1. The molecule has 2 heterocycles. The number of hydrogen-bond donors (Lipinski definition) is 1. The maximum atomic E-state index is 12.3. The number of benzene rings is 2. The number of carbonyl (C=O) groups is 1. The molecule has 4 rings (SSSR count). The van der Waals surface area contributed by atoms with Crippen LogP contribution in [0.3, 0.4) is 0 Å². The second-order valence-electron chi connectivity index (χ2n) is 6.73. The van der Waals surface area contributed by atoms with Crippen LogP contribution in [0.2, 0.25) is 0 Å². The molecule has 0 spiro atoms. The number of nitrogens with zero attached hydrogens (tertiary/aromatic N) is 1. The van der Waals surface area contributed by atoms with Crippen LogP contribution in [-0.4, -0.2) is 23.6 Å². The van der Waals surface area contributed by atoms with Crippen molar-refractivity contribution < 1.29 is 9.53 Å². The van der Waals surface area contributed by atoms with E-state index < -0.39 is 0 Å². The van der Waals surface area contributed by atoms with Gasteiger partial charge in [0.05, 0.1) is 13.0 Å². The fourth-order valence-electron chi connectivity index (χ4n) is 3.32. The lowest BCUT2D eigenvalue weighted by Gasteiger charge is -2.25. The Morgan fingerprint density at radius 1 is 1.04 bits per heavy atom. The van der Waals surface area contributed by atoms with Crippen molar-refractivity contribution in [1.82, 2.24) is 9.88 Å². The van der Waals surface area contributed by atoms with E-state index in [1.165, 1.54) is 5.56 Å². The molecule has 26 heavy (non-hydrogen) atoms. The zero-order valence-electron chi connectivity index (χ0n) is 14.6. The molecule has 2 aromatic carbocycles. The van der Waals surface area contributed by atoms with Crippen LogP contribution in [0.5, 0.6) is 5.75 Å². The highest BCUT2D eigenvalue weighted by Gasteiger charge is 2.19. The third-order valence-corrected chi connectivity index (χ3v) is 4.75. The Balaban J connectivity index is 1.28. The SMILES string of the molecule is O=C(Cc1ccc(-n2cccc2)cc1)NCC1COc2ccccc2C1. The molecule has 132 valence electrons. The van der Waals surface area contributed by atoms with E-state index in [2.05, 4.69) is 11.4 Å². The van der Waals surface area contributed by atoms with E-state index in [4.69, 9.17) is 4.74 Å². The van der Waals surface area contributed by atoms with E-state index in [1.54, 1.807) is 0 Å². The summed E-state index contributed by atoms with van der Waals surface area (Å²) < 4.78 is 7.83. The number of fused-ring (bicyclic) bond motifs is 1. The molecule has 4 nitrogen and oxygen atoms in total. The summed E-state index contributed by atoms with van der Waals surface area (Å²) in [7, 11) is 0. The zero-order valence-corrected chi connectivity index (χ0v) is 14.6. The molecule has 0 radical (unpaired) electrons. The first kappa shape index (κ1) is 16.5. The van der Waals surface area contributed by atoms with Gasteiger partial charge in [0.1, 0.15) is 5.75 Å². The second kappa shape index (κ2) is 7.48. The molecule has 1 unspecified atom stereocenters. The minimum Gasteiger partial charge on any atom is -0.493 e. The van der Waals surface area contributed by atoms with Gasteiger partial charge >= 0.3 is 0 Å². The van der Waals surface area contributed by atoms with Crippen molar-refractivity contribution in [3.8, 4) is 11.4 Å². The Hall–Kier alpha value is -3.01. The lowest BCUT2D eigenvalue weighted by atomic mass is 9.96. The minimum atomic E-state index is 0.0533. The number of para-hydroxylation sites is 1. The van der Waals surface area contributed by atoms with Crippen molar-refractivity contribution in [3.63, 3.8) is 0 Å². The van der Waals surface area contributed by atoms with E-state index in [9.17, 15) is 4.79 Å². The third-order valence-electron chi connectivity index (χ3n) is 4.75. The summed E-state index contributed by atoms with van der Waals surface area (Å²) in [6.45, 7) is 1.30. The quantitative estimate of drug-likeness (QED) is 0.770. The highest BCUT2D eigenvalue weighted by atomic mass is 16.5. The average Bonchev–Trinajstić information content (AvgIpc) is 3.22. The van der Waals surface area contributed by atoms with Crippen LogP contribution in [0.25, 0.3) is 5.69 Å². The van der Waals surface area contributed by atoms with Crippen molar-refractivity contribution in [2.24, 2.45) is 5.92 Å². The van der Waals surface area contributed by atoms with Crippen molar-refractivity contribution in [2.45, 2.75) is 12.8 Å². The van der Waals surface area contributed by atoms with Crippen LogP contribution in [0.15, 0.2) is 73.1 Å². The van der Waals surface area contributed by atoms with E-state index in [-0.39, 0.29) is 5.91 Å².